The van der Waals surface area contributed by atoms with E-state index in [9.17, 15) is 14.4 Å². The van der Waals surface area contributed by atoms with Crippen LogP contribution >= 0.6 is 0 Å². The Bertz CT molecular complexity index is 377. The Morgan fingerprint density at radius 1 is 0.737 bits per heavy atom. The van der Waals surface area contributed by atoms with Crippen LogP contribution in [0, 0.1) is 0 Å². The first kappa shape index (κ1) is 19.9. The van der Waals surface area contributed by atoms with Crippen LogP contribution in [0.2, 0.25) is 0 Å². The van der Waals surface area contributed by atoms with Gasteiger partial charge in [0.1, 0.15) is 5.78 Å². The van der Waals surface area contributed by atoms with E-state index in [0.717, 1.165) is 0 Å². The van der Waals surface area contributed by atoms with Crippen molar-refractivity contribution in [1.29, 1.82) is 0 Å². The maximum Gasteiger partial charge on any atom is 0.163 e. The van der Waals surface area contributed by atoms with Crippen LogP contribution in [-0.2, 0) is 33.9 Å². The molecule has 0 N–H and O–H groups in total. The SMILES string of the molecule is CC=CC=CC(=O)CC(=O)CC(=O)C=CC=CC.[Ru]. The van der Waals surface area contributed by atoms with Crippen LogP contribution in [0.5, 0.6) is 0 Å². The summed E-state index contributed by atoms with van der Waals surface area (Å²) in [5.74, 6) is -0.938. The molecule has 0 atom stereocenters. The van der Waals surface area contributed by atoms with Crippen LogP contribution < -0.4 is 0 Å². The van der Waals surface area contributed by atoms with Gasteiger partial charge in [0.05, 0.1) is 12.8 Å². The molecule has 0 unspecified atom stereocenters. The van der Waals surface area contributed by atoms with Crippen molar-refractivity contribution < 1.29 is 33.9 Å². The molecule has 0 aromatic rings. The number of Topliss-reactive ketones (excluding diaryl/α,β-unsaturated/α-hetero) is 1. The van der Waals surface area contributed by atoms with Crippen molar-refractivity contribution in [2.45, 2.75) is 26.7 Å². The van der Waals surface area contributed by atoms with Gasteiger partial charge in [-0.05, 0) is 26.0 Å². The van der Waals surface area contributed by atoms with Crippen molar-refractivity contribution in [3.63, 3.8) is 0 Å². The monoisotopic (exact) mass is 348 g/mol. The van der Waals surface area contributed by atoms with Gasteiger partial charge in [0.25, 0.3) is 0 Å². The van der Waals surface area contributed by atoms with Crippen LogP contribution in [0.4, 0.5) is 0 Å². The van der Waals surface area contributed by atoms with E-state index in [1.54, 1.807) is 36.5 Å². The second-order valence-corrected chi connectivity index (χ2v) is 3.59. The molecule has 4 heteroatoms. The van der Waals surface area contributed by atoms with Gasteiger partial charge >= 0.3 is 0 Å². The van der Waals surface area contributed by atoms with Gasteiger partial charge in [0.2, 0.25) is 0 Å². The molecule has 0 saturated carbocycles. The molecule has 0 fully saturated rings. The van der Waals surface area contributed by atoms with Crippen molar-refractivity contribution in [1.82, 2.24) is 0 Å². The third-order valence-electron chi connectivity index (χ3n) is 1.91. The van der Waals surface area contributed by atoms with Gasteiger partial charge in [-0.25, -0.2) is 0 Å². The number of carbonyl (C=O) groups excluding carboxylic acids is 3. The summed E-state index contributed by atoms with van der Waals surface area (Å²) < 4.78 is 0. The summed E-state index contributed by atoms with van der Waals surface area (Å²) in [6.45, 7) is 3.66. The topological polar surface area (TPSA) is 51.2 Å². The second-order valence-electron chi connectivity index (χ2n) is 3.59. The zero-order chi connectivity index (χ0) is 13.8. The molecule has 0 heterocycles. The van der Waals surface area contributed by atoms with E-state index in [2.05, 4.69) is 0 Å². The van der Waals surface area contributed by atoms with Crippen molar-refractivity contribution in [3.8, 4) is 0 Å². The van der Waals surface area contributed by atoms with E-state index in [1.807, 2.05) is 13.8 Å². The van der Waals surface area contributed by atoms with Gasteiger partial charge in [-0.2, -0.15) is 0 Å². The van der Waals surface area contributed by atoms with Crippen LogP contribution in [0.1, 0.15) is 26.7 Å². The third kappa shape index (κ3) is 12.8. The molecule has 0 aliphatic carbocycles. The minimum Gasteiger partial charge on any atom is -0.299 e. The van der Waals surface area contributed by atoms with Gasteiger partial charge in [-0.3, -0.25) is 14.4 Å². The fourth-order valence-electron chi connectivity index (χ4n) is 1.12. The molecule has 0 rings (SSSR count). The summed E-state index contributed by atoms with van der Waals surface area (Å²) in [6, 6.07) is 0. The molecule has 0 bridgehead atoms. The van der Waals surface area contributed by atoms with E-state index in [0.29, 0.717) is 0 Å². The Morgan fingerprint density at radius 3 is 1.42 bits per heavy atom. The number of carbonyl (C=O) groups is 3. The molecule has 0 aliphatic heterocycles. The number of hydrogen-bond donors (Lipinski definition) is 0. The quantitative estimate of drug-likeness (QED) is 0.294. The predicted octanol–water partition coefficient (Wildman–Crippen LogP) is 2.74. The summed E-state index contributed by atoms with van der Waals surface area (Å²) in [7, 11) is 0. The third-order valence-corrected chi connectivity index (χ3v) is 1.91. The van der Waals surface area contributed by atoms with Crippen molar-refractivity contribution in [2.24, 2.45) is 0 Å². The molecule has 0 aliphatic rings. The first-order chi connectivity index (χ1) is 8.60. The van der Waals surface area contributed by atoms with Crippen molar-refractivity contribution in [3.05, 3.63) is 48.6 Å². The molecular formula is C15H18O3Ru. The fourth-order valence-corrected chi connectivity index (χ4v) is 1.12. The Morgan fingerprint density at radius 2 is 1.11 bits per heavy atom. The molecule has 0 aromatic heterocycles. The Labute approximate surface area is 126 Å². The van der Waals surface area contributed by atoms with E-state index in [4.69, 9.17) is 0 Å². The van der Waals surface area contributed by atoms with Crippen LogP contribution in [0.3, 0.4) is 0 Å². The van der Waals surface area contributed by atoms with Gasteiger partial charge in [0, 0.05) is 19.5 Å². The van der Waals surface area contributed by atoms with Gasteiger partial charge in [-0.15, -0.1) is 0 Å². The first-order valence-electron chi connectivity index (χ1n) is 5.76. The van der Waals surface area contributed by atoms with Crippen molar-refractivity contribution >= 4 is 17.3 Å². The predicted molar refractivity (Wildman–Crippen MR) is 72.2 cm³/mol. The van der Waals surface area contributed by atoms with E-state index >= 15 is 0 Å². The smallest absolute Gasteiger partial charge is 0.163 e. The minimum absolute atomic E-state index is 0. The fraction of sp³-hybridized carbons (Fsp3) is 0.267. The molecule has 0 aromatic carbocycles. The van der Waals surface area contributed by atoms with E-state index in [1.165, 1.54) is 12.2 Å². The molecule has 0 saturated heterocycles. The van der Waals surface area contributed by atoms with Gasteiger partial charge in [-0.1, -0.05) is 36.5 Å². The standard InChI is InChI=1S/C15H18O3.Ru/c1-3-5-7-9-13(16)11-15(18)12-14(17)10-8-6-4-2;/h3-10H,11-12H2,1-2H3;. The number of rotatable bonds is 8. The average molecular weight is 347 g/mol. The second kappa shape index (κ2) is 13.0. The zero-order valence-corrected chi connectivity index (χ0v) is 12.8. The Hall–Kier alpha value is -1.41. The summed E-state index contributed by atoms with van der Waals surface area (Å²) in [4.78, 5) is 34.0. The normalized spacial score (nSPS) is 11.5. The van der Waals surface area contributed by atoms with Gasteiger partial charge < -0.3 is 0 Å². The number of allylic oxidation sites excluding steroid dienone is 8. The molecule has 104 valence electrons. The summed E-state index contributed by atoms with van der Waals surface area (Å²) in [5, 5.41) is 0. The number of ketones is 3. The Balaban J connectivity index is 0. The molecule has 0 amide bonds. The molecule has 0 radical (unpaired) electrons. The van der Waals surface area contributed by atoms with Crippen molar-refractivity contribution in [2.75, 3.05) is 0 Å². The first-order valence-corrected chi connectivity index (χ1v) is 5.76. The van der Waals surface area contributed by atoms with Crippen LogP contribution in [-0.4, -0.2) is 17.3 Å². The largest absolute Gasteiger partial charge is 0.299 e. The minimum atomic E-state index is -0.361. The van der Waals surface area contributed by atoms with Gasteiger partial charge in [0.15, 0.2) is 11.6 Å². The van der Waals surface area contributed by atoms with E-state index in [-0.39, 0.29) is 49.7 Å². The molecule has 3 nitrogen and oxygen atoms in total. The number of hydrogen-bond acceptors (Lipinski definition) is 3. The van der Waals surface area contributed by atoms with Crippen LogP contribution in [0.25, 0.3) is 0 Å². The molecule has 0 spiro atoms. The molecule has 19 heavy (non-hydrogen) atoms. The summed E-state index contributed by atoms with van der Waals surface area (Å²) in [6.07, 6.45) is 12.3. The summed E-state index contributed by atoms with van der Waals surface area (Å²) >= 11 is 0. The average Bonchev–Trinajstić information content (AvgIpc) is 2.29. The van der Waals surface area contributed by atoms with Crippen LogP contribution in [0.15, 0.2) is 48.6 Å². The van der Waals surface area contributed by atoms with E-state index < -0.39 is 0 Å². The Kier molecular flexibility index (Phi) is 13.7. The summed E-state index contributed by atoms with van der Waals surface area (Å²) in [5.41, 5.74) is 0. The zero-order valence-electron chi connectivity index (χ0n) is 11.1. The maximum absolute atomic E-state index is 11.4. The maximum atomic E-state index is 11.4. The molecular weight excluding hydrogens is 329 g/mol.